The second-order valence-corrected chi connectivity index (χ2v) is 37.2. The number of fused-ring (bicyclic) bond motifs is 15. The number of pyridine rings is 2. The molecule has 0 spiro atoms. The van der Waals surface area contributed by atoms with Gasteiger partial charge in [-0.2, -0.15) is 0 Å². The molecule has 14 nitrogen and oxygen atoms in total. The fourth-order valence-electron chi connectivity index (χ4n) is 21.3. The first kappa shape index (κ1) is 87.6. The number of rotatable bonds is 16. The standard InChI is InChI=1S/C57H36N6.2C39H26N4/c1-7-19-49-43(13-1)44-14-2-8-20-50(44)61(49)40-31-25-37(26-32-40)55-58-56(38-27-33-41(34-28-38)62-51-21-9-3-15-45(51)46-16-4-10-22-52(46)62)60-57(59-55)39-29-35-42(36-30-39)63-53-23-11-5-17-47(53)48-18-6-12-24-54(48)63;1-3-10-28(11-4-1)35-25-36(42-39(41-35)29-12-5-2-6-13-29)31-15-9-14-30(24-31)27-18-20-32(21-19-27)43-37-17-8-7-16-33(37)34-22-23-40-26-38(34)43;1-3-10-28(11-4-1)35-25-36(29-12-5-2-6-13-29)42-39(41-35)31-15-9-14-30(24-31)27-18-20-32(21-19-27)43-37-17-8-7-16-33(37)34-22-23-40-26-38(34)43/h1-36H;2*1-26H. The zero-order chi connectivity index (χ0) is 98.6. The van der Waals surface area contributed by atoms with Crippen LogP contribution in [0.3, 0.4) is 0 Å². The topological polar surface area (TPSA) is 141 Å². The van der Waals surface area contributed by atoms with Crippen molar-refractivity contribution >= 4 is 109 Å². The number of para-hydroxylation sites is 8. The Balaban J connectivity index is 0.000000113. The summed E-state index contributed by atoms with van der Waals surface area (Å²) in [6.45, 7) is 0. The third kappa shape index (κ3) is 16.3. The summed E-state index contributed by atoms with van der Waals surface area (Å²) >= 11 is 0. The van der Waals surface area contributed by atoms with Crippen LogP contribution in [0.4, 0.5) is 0 Å². The summed E-state index contributed by atoms with van der Waals surface area (Å²) < 4.78 is 11.6. The first-order chi connectivity index (χ1) is 73.9. The van der Waals surface area contributed by atoms with E-state index in [0.717, 1.165) is 135 Å². The van der Waals surface area contributed by atoms with Gasteiger partial charge in [0.05, 0.1) is 90.3 Å². The molecule has 19 aromatic carbocycles. The van der Waals surface area contributed by atoms with Crippen LogP contribution in [0.2, 0.25) is 0 Å². The van der Waals surface area contributed by atoms with Gasteiger partial charge >= 0.3 is 0 Å². The van der Waals surface area contributed by atoms with Crippen LogP contribution in [-0.2, 0) is 0 Å². The van der Waals surface area contributed by atoms with Gasteiger partial charge in [-0.15, -0.1) is 0 Å². The molecule has 10 aromatic heterocycles. The molecule has 0 aliphatic carbocycles. The Morgan fingerprint density at radius 3 is 0.604 bits per heavy atom. The Hall–Kier alpha value is -20.4. The van der Waals surface area contributed by atoms with E-state index in [1.165, 1.54) is 98.0 Å². The lowest BCUT2D eigenvalue weighted by Gasteiger charge is -2.12. The van der Waals surface area contributed by atoms with E-state index < -0.39 is 0 Å². The predicted molar refractivity (Wildman–Crippen MR) is 611 cm³/mol. The molecule has 0 N–H and O–H groups in total. The highest BCUT2D eigenvalue weighted by atomic mass is 15.1. The molecule has 0 atom stereocenters. The third-order valence-electron chi connectivity index (χ3n) is 28.4. The van der Waals surface area contributed by atoms with Crippen LogP contribution in [0.1, 0.15) is 0 Å². The molecule has 0 aliphatic heterocycles. The Labute approximate surface area is 857 Å². The summed E-state index contributed by atoms with van der Waals surface area (Å²) in [5, 5.41) is 12.3. The number of benzene rings is 19. The highest BCUT2D eigenvalue weighted by molar-refractivity contribution is 6.14. The summed E-state index contributed by atoms with van der Waals surface area (Å²) in [7, 11) is 0. The monoisotopic (exact) mass is 1900 g/mol. The van der Waals surface area contributed by atoms with E-state index in [1.807, 2.05) is 97.6 Å². The maximum atomic E-state index is 5.17. The molecule has 0 saturated carbocycles. The van der Waals surface area contributed by atoms with Gasteiger partial charge in [0, 0.05) is 145 Å². The van der Waals surface area contributed by atoms with Crippen molar-refractivity contribution in [2.45, 2.75) is 0 Å². The number of hydrogen-bond donors (Lipinski definition) is 0. The summed E-state index contributed by atoms with van der Waals surface area (Å²) in [5.74, 6) is 3.26. The fraction of sp³-hybridized carbons (Fsp3) is 0. The van der Waals surface area contributed by atoms with Gasteiger partial charge in [0.15, 0.2) is 29.1 Å². The van der Waals surface area contributed by atoms with Gasteiger partial charge in [0.25, 0.3) is 0 Å². The van der Waals surface area contributed by atoms with E-state index in [0.29, 0.717) is 29.1 Å². The molecular weight excluding hydrogens is 1820 g/mol. The fourth-order valence-corrected chi connectivity index (χ4v) is 21.3. The van der Waals surface area contributed by atoms with Crippen LogP contribution >= 0.6 is 0 Å². The largest absolute Gasteiger partial charge is 0.309 e. The van der Waals surface area contributed by atoms with E-state index in [-0.39, 0.29) is 0 Å². The molecule has 0 radical (unpaired) electrons. The van der Waals surface area contributed by atoms with Crippen molar-refractivity contribution in [3.63, 3.8) is 0 Å². The smallest absolute Gasteiger partial charge is 0.164 e. The van der Waals surface area contributed by atoms with Crippen molar-refractivity contribution in [3.05, 3.63) is 534 Å². The molecule has 14 heteroatoms. The molecule has 698 valence electrons. The van der Waals surface area contributed by atoms with E-state index >= 15 is 0 Å². The van der Waals surface area contributed by atoms with Crippen molar-refractivity contribution in [2.75, 3.05) is 0 Å². The molecule has 29 aromatic rings. The average molecular weight is 1910 g/mol. The molecule has 10 heterocycles. The van der Waals surface area contributed by atoms with Crippen molar-refractivity contribution < 1.29 is 0 Å². The summed E-state index contributed by atoms with van der Waals surface area (Å²) in [6.07, 6.45) is 7.61. The summed E-state index contributed by atoms with van der Waals surface area (Å²) in [4.78, 5) is 44.3. The Morgan fingerprint density at radius 1 is 0.121 bits per heavy atom. The molecule has 0 saturated heterocycles. The highest BCUT2D eigenvalue weighted by Gasteiger charge is 2.23. The van der Waals surface area contributed by atoms with Gasteiger partial charge in [0.2, 0.25) is 0 Å². The minimum absolute atomic E-state index is 0.613. The Bertz CT molecular complexity index is 9000. The second kappa shape index (κ2) is 37.8. The maximum Gasteiger partial charge on any atom is 0.164 e. The quantitative estimate of drug-likeness (QED) is 0.0924. The molecular formula is C135H88N14. The first-order valence-electron chi connectivity index (χ1n) is 50.0. The lowest BCUT2D eigenvalue weighted by Crippen LogP contribution is -2.01. The maximum absolute atomic E-state index is 5.17. The zero-order valence-corrected chi connectivity index (χ0v) is 80.6. The van der Waals surface area contributed by atoms with Gasteiger partial charge in [-0.3, -0.25) is 9.97 Å². The minimum atomic E-state index is 0.613. The van der Waals surface area contributed by atoms with Gasteiger partial charge < -0.3 is 22.8 Å². The number of nitrogens with zero attached hydrogens (tertiary/aromatic N) is 14. The molecule has 0 aliphatic rings. The van der Waals surface area contributed by atoms with Crippen LogP contribution in [0.15, 0.2) is 534 Å². The van der Waals surface area contributed by atoms with Gasteiger partial charge in [-0.1, -0.05) is 328 Å². The summed E-state index contributed by atoms with van der Waals surface area (Å²) in [5.41, 5.74) is 34.1. The van der Waals surface area contributed by atoms with Crippen LogP contribution in [-0.4, -0.2) is 67.7 Å². The van der Waals surface area contributed by atoms with Crippen molar-refractivity contribution in [2.24, 2.45) is 0 Å². The van der Waals surface area contributed by atoms with Gasteiger partial charge in [-0.05, 0) is 204 Å². The Morgan fingerprint density at radius 2 is 0.315 bits per heavy atom. The van der Waals surface area contributed by atoms with Crippen LogP contribution in [0.5, 0.6) is 0 Å². The molecule has 149 heavy (non-hydrogen) atoms. The van der Waals surface area contributed by atoms with Crippen molar-refractivity contribution in [1.82, 2.24) is 67.7 Å². The third-order valence-corrected chi connectivity index (χ3v) is 28.4. The van der Waals surface area contributed by atoms with E-state index in [2.05, 4.69) is 470 Å². The highest BCUT2D eigenvalue weighted by Crippen LogP contribution is 2.43. The van der Waals surface area contributed by atoms with Crippen molar-refractivity contribution in [1.29, 1.82) is 0 Å². The van der Waals surface area contributed by atoms with Crippen LogP contribution in [0.25, 0.3) is 262 Å². The predicted octanol–water partition coefficient (Wildman–Crippen LogP) is 33.4. The van der Waals surface area contributed by atoms with Crippen LogP contribution < -0.4 is 0 Å². The molecule has 29 rings (SSSR count). The zero-order valence-electron chi connectivity index (χ0n) is 80.6. The van der Waals surface area contributed by atoms with E-state index in [4.69, 9.17) is 34.9 Å². The molecule has 0 bridgehead atoms. The SMILES string of the molecule is c1ccc(-c2cc(-c3cccc(-c4ccc(-n5c6ccccc6c6ccncc65)cc4)c3)nc(-c3ccccc3)n2)cc1.c1ccc(-c2cc(-c3ccccc3)nc(-c3cccc(-c4ccc(-n5c6ccccc6c6ccncc65)cc4)c3)n2)cc1.c1ccc2c(c1)c1ccccc1n2-c1ccc(-c2nc(-c3ccc(-n4c5ccccc5c5ccccc54)cc3)nc(-c3ccc(-n4c5ccccc5c5ccccc54)cc3)n2)cc1. The summed E-state index contributed by atoms with van der Waals surface area (Å²) in [6, 6.07) is 178. The number of aromatic nitrogens is 14. The average Bonchev–Trinajstić information content (AvgIpc) is 1.62. The Kier molecular flexibility index (Phi) is 22.3. The molecule has 0 fully saturated rings. The second-order valence-electron chi connectivity index (χ2n) is 37.2. The molecule has 0 unspecified atom stereocenters. The van der Waals surface area contributed by atoms with E-state index in [1.54, 1.807) is 0 Å². The molecule has 0 amide bonds. The number of hydrogen-bond acceptors (Lipinski definition) is 9. The van der Waals surface area contributed by atoms with Gasteiger partial charge in [-0.25, -0.2) is 34.9 Å². The van der Waals surface area contributed by atoms with Crippen molar-refractivity contribution in [3.8, 4) is 153 Å². The lowest BCUT2D eigenvalue weighted by atomic mass is 10.0. The first-order valence-corrected chi connectivity index (χ1v) is 50.0. The van der Waals surface area contributed by atoms with Crippen LogP contribution in [0, 0.1) is 0 Å². The minimum Gasteiger partial charge on any atom is -0.309 e. The van der Waals surface area contributed by atoms with Gasteiger partial charge in [0.1, 0.15) is 0 Å². The van der Waals surface area contributed by atoms with E-state index in [9.17, 15) is 0 Å². The normalized spacial score (nSPS) is 11.5. The lowest BCUT2D eigenvalue weighted by molar-refractivity contribution is 1.07.